The fourth-order valence-corrected chi connectivity index (χ4v) is 1.82. The van der Waals surface area contributed by atoms with Gasteiger partial charge < -0.3 is 10.6 Å². The van der Waals surface area contributed by atoms with E-state index in [4.69, 9.17) is 0 Å². The summed E-state index contributed by atoms with van der Waals surface area (Å²) in [5.74, 6) is 0.837. The van der Waals surface area contributed by atoms with Crippen LogP contribution in [-0.2, 0) is 6.42 Å². The lowest BCUT2D eigenvalue weighted by molar-refractivity contribution is 0.833. The molecule has 0 saturated carbocycles. The highest BCUT2D eigenvalue weighted by molar-refractivity contribution is 5.79. The van der Waals surface area contributed by atoms with Gasteiger partial charge in [0.05, 0.1) is 0 Å². The van der Waals surface area contributed by atoms with E-state index in [1.165, 1.54) is 16.7 Å². The normalized spacial score (nSPS) is 11.4. The standard InChI is InChI=1S/C13H21N3/c1-10-7-11(2)9-12(8-10)5-6-16-13(14-3)15-4/h7-9H,5-6H2,1-4H3,(H2,14,15,16). The molecule has 0 aliphatic carbocycles. The Balaban J connectivity index is 2.49. The highest BCUT2D eigenvalue weighted by atomic mass is 15.1. The number of rotatable bonds is 3. The molecular formula is C13H21N3. The molecule has 16 heavy (non-hydrogen) atoms. The molecule has 1 aromatic carbocycles. The highest BCUT2D eigenvalue weighted by Crippen LogP contribution is 2.08. The molecule has 0 amide bonds. The van der Waals surface area contributed by atoms with Gasteiger partial charge in [-0.05, 0) is 25.8 Å². The molecule has 0 unspecified atom stereocenters. The Kier molecular flexibility index (Phi) is 4.83. The van der Waals surface area contributed by atoms with Crippen molar-refractivity contribution in [2.75, 3.05) is 20.6 Å². The molecule has 1 rings (SSSR count). The van der Waals surface area contributed by atoms with Crippen molar-refractivity contribution >= 4 is 5.96 Å². The number of aliphatic imine (C=N–C) groups is 1. The van der Waals surface area contributed by atoms with Crippen LogP contribution in [0, 0.1) is 13.8 Å². The largest absolute Gasteiger partial charge is 0.359 e. The van der Waals surface area contributed by atoms with Crippen LogP contribution in [-0.4, -0.2) is 26.6 Å². The van der Waals surface area contributed by atoms with Gasteiger partial charge in [-0.1, -0.05) is 29.3 Å². The van der Waals surface area contributed by atoms with Gasteiger partial charge in [-0.2, -0.15) is 0 Å². The summed E-state index contributed by atoms with van der Waals surface area (Å²) in [5.41, 5.74) is 4.03. The first kappa shape index (κ1) is 12.6. The summed E-state index contributed by atoms with van der Waals surface area (Å²) >= 11 is 0. The SMILES string of the molecule is CN=C(NC)NCCc1cc(C)cc(C)c1. The number of hydrogen-bond acceptors (Lipinski definition) is 1. The molecule has 0 atom stereocenters. The Morgan fingerprint density at radius 3 is 2.31 bits per heavy atom. The molecule has 3 heteroatoms. The molecule has 0 aromatic heterocycles. The topological polar surface area (TPSA) is 36.4 Å². The van der Waals surface area contributed by atoms with E-state index in [-0.39, 0.29) is 0 Å². The van der Waals surface area contributed by atoms with Gasteiger partial charge in [0.1, 0.15) is 0 Å². The van der Waals surface area contributed by atoms with Crippen LogP contribution in [0.4, 0.5) is 0 Å². The molecular weight excluding hydrogens is 198 g/mol. The minimum absolute atomic E-state index is 0.837. The van der Waals surface area contributed by atoms with Crippen molar-refractivity contribution < 1.29 is 0 Å². The third-order valence-corrected chi connectivity index (χ3v) is 2.45. The van der Waals surface area contributed by atoms with Crippen LogP contribution in [0.15, 0.2) is 23.2 Å². The molecule has 0 fully saturated rings. The van der Waals surface area contributed by atoms with Crippen molar-refractivity contribution in [2.45, 2.75) is 20.3 Å². The Labute approximate surface area is 98.0 Å². The van der Waals surface area contributed by atoms with E-state index in [0.717, 1.165) is 18.9 Å². The quantitative estimate of drug-likeness (QED) is 0.599. The average molecular weight is 219 g/mol. The Morgan fingerprint density at radius 1 is 1.19 bits per heavy atom. The number of benzene rings is 1. The molecule has 0 spiro atoms. The van der Waals surface area contributed by atoms with Gasteiger partial charge in [0, 0.05) is 20.6 Å². The van der Waals surface area contributed by atoms with Crippen molar-refractivity contribution in [3.63, 3.8) is 0 Å². The molecule has 0 aliphatic rings. The van der Waals surface area contributed by atoms with Crippen LogP contribution in [0.25, 0.3) is 0 Å². The van der Waals surface area contributed by atoms with Gasteiger partial charge in [0.2, 0.25) is 0 Å². The van der Waals surface area contributed by atoms with Crippen LogP contribution < -0.4 is 10.6 Å². The van der Waals surface area contributed by atoms with E-state index in [1.807, 2.05) is 7.05 Å². The number of aryl methyl sites for hydroxylation is 2. The van der Waals surface area contributed by atoms with E-state index < -0.39 is 0 Å². The Morgan fingerprint density at radius 2 is 1.81 bits per heavy atom. The molecule has 88 valence electrons. The smallest absolute Gasteiger partial charge is 0.190 e. The van der Waals surface area contributed by atoms with Gasteiger partial charge >= 0.3 is 0 Å². The molecule has 0 aliphatic heterocycles. The predicted octanol–water partition coefficient (Wildman–Crippen LogP) is 1.64. The van der Waals surface area contributed by atoms with Crippen molar-refractivity contribution in [2.24, 2.45) is 4.99 Å². The molecule has 0 bridgehead atoms. The minimum atomic E-state index is 0.837. The van der Waals surface area contributed by atoms with Crippen molar-refractivity contribution in [3.05, 3.63) is 34.9 Å². The molecule has 2 N–H and O–H groups in total. The zero-order valence-electron chi connectivity index (χ0n) is 10.6. The average Bonchev–Trinajstić information content (AvgIpc) is 2.23. The lowest BCUT2D eigenvalue weighted by atomic mass is 10.1. The number of nitrogens with zero attached hydrogens (tertiary/aromatic N) is 1. The summed E-state index contributed by atoms with van der Waals surface area (Å²) in [5, 5.41) is 6.25. The van der Waals surface area contributed by atoms with Gasteiger partial charge in [0.15, 0.2) is 5.96 Å². The summed E-state index contributed by atoms with van der Waals surface area (Å²) in [6.07, 6.45) is 1.02. The number of nitrogens with one attached hydrogen (secondary N) is 2. The van der Waals surface area contributed by atoms with E-state index in [2.05, 4.69) is 47.7 Å². The molecule has 1 aromatic rings. The van der Waals surface area contributed by atoms with Crippen LogP contribution in [0.5, 0.6) is 0 Å². The summed E-state index contributed by atoms with van der Waals surface area (Å²) < 4.78 is 0. The molecule has 0 heterocycles. The minimum Gasteiger partial charge on any atom is -0.359 e. The number of hydrogen-bond donors (Lipinski definition) is 2. The van der Waals surface area contributed by atoms with Crippen LogP contribution in [0.1, 0.15) is 16.7 Å². The second-order valence-corrected chi connectivity index (χ2v) is 3.99. The lowest BCUT2D eigenvalue weighted by Gasteiger charge is -2.09. The highest BCUT2D eigenvalue weighted by Gasteiger charge is 1.97. The zero-order valence-corrected chi connectivity index (χ0v) is 10.6. The third-order valence-electron chi connectivity index (χ3n) is 2.45. The summed E-state index contributed by atoms with van der Waals surface area (Å²) in [6.45, 7) is 5.17. The fourth-order valence-electron chi connectivity index (χ4n) is 1.82. The Bertz CT molecular complexity index is 349. The second-order valence-electron chi connectivity index (χ2n) is 3.99. The molecule has 0 radical (unpaired) electrons. The van der Waals surface area contributed by atoms with Gasteiger partial charge in [-0.15, -0.1) is 0 Å². The maximum Gasteiger partial charge on any atom is 0.190 e. The first-order valence-electron chi connectivity index (χ1n) is 5.61. The van der Waals surface area contributed by atoms with E-state index >= 15 is 0 Å². The summed E-state index contributed by atoms with van der Waals surface area (Å²) in [6, 6.07) is 6.66. The van der Waals surface area contributed by atoms with Crippen LogP contribution in [0.2, 0.25) is 0 Å². The maximum absolute atomic E-state index is 4.07. The van der Waals surface area contributed by atoms with Gasteiger partial charge in [-0.3, -0.25) is 4.99 Å². The van der Waals surface area contributed by atoms with Gasteiger partial charge in [-0.25, -0.2) is 0 Å². The van der Waals surface area contributed by atoms with Crippen molar-refractivity contribution in [1.29, 1.82) is 0 Å². The van der Waals surface area contributed by atoms with Crippen LogP contribution >= 0.6 is 0 Å². The molecule has 3 nitrogen and oxygen atoms in total. The Hall–Kier alpha value is -1.51. The lowest BCUT2D eigenvalue weighted by Crippen LogP contribution is -2.35. The summed E-state index contributed by atoms with van der Waals surface area (Å²) in [4.78, 5) is 4.07. The first-order valence-corrected chi connectivity index (χ1v) is 5.61. The van der Waals surface area contributed by atoms with Crippen molar-refractivity contribution in [3.8, 4) is 0 Å². The predicted molar refractivity (Wildman–Crippen MR) is 70.0 cm³/mol. The van der Waals surface area contributed by atoms with E-state index in [1.54, 1.807) is 7.05 Å². The fraction of sp³-hybridized carbons (Fsp3) is 0.462. The van der Waals surface area contributed by atoms with E-state index in [9.17, 15) is 0 Å². The monoisotopic (exact) mass is 219 g/mol. The van der Waals surface area contributed by atoms with Crippen LogP contribution in [0.3, 0.4) is 0 Å². The first-order chi connectivity index (χ1) is 7.65. The zero-order chi connectivity index (χ0) is 12.0. The second kappa shape index (κ2) is 6.16. The van der Waals surface area contributed by atoms with E-state index in [0.29, 0.717) is 0 Å². The third kappa shape index (κ3) is 3.93. The van der Waals surface area contributed by atoms with Gasteiger partial charge in [0.25, 0.3) is 0 Å². The summed E-state index contributed by atoms with van der Waals surface area (Å²) in [7, 11) is 3.64. The maximum atomic E-state index is 4.07. The number of guanidine groups is 1. The molecule has 0 saturated heterocycles. The van der Waals surface area contributed by atoms with Crippen molar-refractivity contribution in [1.82, 2.24) is 10.6 Å².